The molecule has 49 heavy (non-hydrogen) atoms. The van der Waals surface area contributed by atoms with Gasteiger partial charge in [-0.05, 0) is 73.4 Å². The lowest BCUT2D eigenvalue weighted by Gasteiger charge is -2.52. The van der Waals surface area contributed by atoms with Gasteiger partial charge in [0, 0.05) is 74.2 Å². The third-order valence-electron chi connectivity index (χ3n) is 8.87. The maximum absolute atomic E-state index is 13.5. The van der Waals surface area contributed by atoms with Crippen LogP contribution in [0.4, 0.5) is 11.5 Å². The van der Waals surface area contributed by atoms with E-state index in [1.807, 2.05) is 52.1 Å². The fraction of sp³-hybridized carbons (Fsp3) is 0.395. The van der Waals surface area contributed by atoms with Crippen LogP contribution in [0.3, 0.4) is 0 Å². The number of benzene rings is 1. The van der Waals surface area contributed by atoms with Gasteiger partial charge < -0.3 is 25.0 Å². The number of carboxylic acid groups (broad SMARTS) is 1. The van der Waals surface area contributed by atoms with Gasteiger partial charge in [-0.15, -0.1) is 11.3 Å². The number of carbonyl (C=O) groups is 3. The second-order valence-electron chi connectivity index (χ2n) is 13.0. The molecule has 7 rings (SSSR count). The average molecular weight is 684 g/mol. The molecule has 4 aliphatic heterocycles. The molecule has 258 valence electrons. The molecule has 0 unspecified atom stereocenters. The van der Waals surface area contributed by atoms with Crippen LogP contribution in [0.1, 0.15) is 77.9 Å². The third-order valence-corrected chi connectivity index (χ3v) is 10.0. The van der Waals surface area contributed by atoms with Crippen LogP contribution in [0.5, 0.6) is 0 Å². The van der Waals surface area contributed by atoms with Crippen LogP contribution in [0, 0.1) is 10.8 Å². The summed E-state index contributed by atoms with van der Waals surface area (Å²) in [4.78, 5) is 50.5. The predicted octanol–water partition coefficient (Wildman–Crippen LogP) is 7.05. The molecule has 0 bridgehead atoms. The Hall–Kier alpha value is -4.61. The van der Waals surface area contributed by atoms with Gasteiger partial charge in [0.05, 0.1) is 10.6 Å². The van der Waals surface area contributed by atoms with Gasteiger partial charge in [-0.25, -0.2) is 9.78 Å². The summed E-state index contributed by atoms with van der Waals surface area (Å²) in [7, 11) is 0. The van der Waals surface area contributed by atoms with Gasteiger partial charge in [-0.1, -0.05) is 39.8 Å². The molecule has 10 nitrogen and oxygen atoms in total. The van der Waals surface area contributed by atoms with Crippen LogP contribution in [0.2, 0.25) is 0 Å². The Kier molecular flexibility index (Phi) is 11.1. The smallest absolute Gasteiger partial charge is 0.345 e. The SMILES string of the molecule is CC.CC(=O)Nc1ccc(C(=O)N2CCc3cc(C(=O)O)sc3C3=NC=CC(C)(C)C=C32)cc1.c1ccc(N2CC3(CCOCC3)C2)nc1. The molecule has 0 atom stereocenters. The standard InChI is InChI=1S/C24H23N3O4S.C12H16N2O.C2H6/c1-14(28)26-17-6-4-15(5-7-17)22(29)27-11-8-16-12-19(23(30)31)32-21(16)20-18(27)13-24(2,3)9-10-25-20;1-2-6-13-11(3-1)14-9-12(10-14)4-7-15-8-5-12;1-2/h4-7,9-10,12-13H,8,11H2,1-3H3,(H,26,28)(H,30,31);1-3,6H,4-5,7-10H2;1-2H3. The number of aliphatic imine (C=N–C) groups is 1. The Balaban J connectivity index is 0.000000228. The van der Waals surface area contributed by atoms with Crippen molar-refractivity contribution in [1.82, 2.24) is 9.88 Å². The number of carbonyl (C=O) groups excluding carboxylic acids is 2. The molecule has 0 radical (unpaired) electrons. The number of pyridine rings is 1. The molecule has 1 spiro atoms. The predicted molar refractivity (Wildman–Crippen MR) is 195 cm³/mol. The van der Waals surface area contributed by atoms with Gasteiger partial charge in [-0.3, -0.25) is 14.6 Å². The number of nitrogens with zero attached hydrogens (tertiary/aromatic N) is 4. The van der Waals surface area contributed by atoms with Gasteiger partial charge in [0.25, 0.3) is 5.91 Å². The number of amides is 2. The summed E-state index contributed by atoms with van der Waals surface area (Å²) >= 11 is 1.19. The van der Waals surface area contributed by atoms with Crippen LogP contribution >= 0.6 is 11.3 Å². The Labute approximate surface area is 292 Å². The van der Waals surface area contributed by atoms with Crippen molar-refractivity contribution in [2.24, 2.45) is 15.8 Å². The number of aromatic carboxylic acids is 1. The molecular formula is C38H45N5O5S. The normalized spacial score (nSPS) is 18.3. The summed E-state index contributed by atoms with van der Waals surface area (Å²) in [5.41, 5.74) is 3.47. The van der Waals surface area contributed by atoms with E-state index in [4.69, 9.17) is 4.74 Å². The minimum atomic E-state index is -0.967. The van der Waals surface area contributed by atoms with E-state index in [9.17, 15) is 19.5 Å². The van der Waals surface area contributed by atoms with E-state index in [0.29, 0.717) is 41.0 Å². The largest absolute Gasteiger partial charge is 0.477 e. The Morgan fingerprint density at radius 3 is 2.37 bits per heavy atom. The van der Waals surface area contributed by atoms with Crippen molar-refractivity contribution in [2.45, 2.75) is 53.9 Å². The number of nitrogens with one attached hydrogen (secondary N) is 1. The van der Waals surface area contributed by atoms with E-state index in [-0.39, 0.29) is 22.1 Å². The average Bonchev–Trinajstić information content (AvgIpc) is 3.37. The Morgan fingerprint density at radius 1 is 1.02 bits per heavy atom. The number of carboxylic acids is 1. The first-order valence-electron chi connectivity index (χ1n) is 16.8. The lowest BCUT2D eigenvalue weighted by atomic mass is 9.73. The maximum atomic E-state index is 13.5. The highest BCUT2D eigenvalue weighted by molar-refractivity contribution is 7.16. The van der Waals surface area contributed by atoms with E-state index in [2.05, 4.69) is 32.3 Å². The zero-order valence-corrected chi connectivity index (χ0v) is 29.7. The molecular weight excluding hydrogens is 639 g/mol. The fourth-order valence-corrected chi connectivity index (χ4v) is 7.40. The molecule has 1 aromatic carbocycles. The number of rotatable bonds is 4. The van der Waals surface area contributed by atoms with E-state index in [1.54, 1.807) is 41.4 Å². The van der Waals surface area contributed by atoms with Gasteiger partial charge in [0.15, 0.2) is 0 Å². The van der Waals surface area contributed by atoms with Crippen LogP contribution in [0.25, 0.3) is 0 Å². The van der Waals surface area contributed by atoms with Gasteiger partial charge in [0.2, 0.25) is 5.91 Å². The molecule has 2 amide bonds. The molecule has 11 heteroatoms. The van der Waals surface area contributed by atoms with Crippen molar-refractivity contribution in [1.29, 1.82) is 0 Å². The van der Waals surface area contributed by atoms with Crippen LogP contribution in [-0.4, -0.2) is 71.3 Å². The fourth-order valence-electron chi connectivity index (χ4n) is 6.35. The first-order chi connectivity index (χ1) is 23.5. The van der Waals surface area contributed by atoms with Crippen LogP contribution in [0.15, 0.2) is 83.8 Å². The summed E-state index contributed by atoms with van der Waals surface area (Å²) in [5.74, 6) is -0.201. The lowest BCUT2D eigenvalue weighted by Crippen LogP contribution is -2.58. The lowest BCUT2D eigenvalue weighted by molar-refractivity contribution is -0.114. The number of allylic oxidation sites excluding steroid dienone is 3. The summed E-state index contributed by atoms with van der Waals surface area (Å²) < 4.78 is 5.41. The van der Waals surface area contributed by atoms with Crippen LogP contribution < -0.4 is 10.2 Å². The molecule has 3 aromatic rings. The first kappa shape index (κ1) is 35.7. The zero-order chi connectivity index (χ0) is 35.2. The number of hydrogen-bond donors (Lipinski definition) is 2. The molecule has 2 fully saturated rings. The van der Waals surface area contributed by atoms with Crippen molar-refractivity contribution in [3.8, 4) is 0 Å². The highest BCUT2D eigenvalue weighted by atomic mass is 32.1. The van der Waals surface area contributed by atoms with Crippen LogP contribution in [-0.2, 0) is 16.0 Å². The third kappa shape index (κ3) is 8.34. The van der Waals surface area contributed by atoms with Gasteiger partial charge in [0.1, 0.15) is 16.4 Å². The highest BCUT2D eigenvalue weighted by Gasteiger charge is 2.44. The van der Waals surface area contributed by atoms with Crippen molar-refractivity contribution in [2.75, 3.05) is 43.1 Å². The second kappa shape index (κ2) is 15.3. The monoisotopic (exact) mass is 683 g/mol. The van der Waals surface area contributed by atoms with Gasteiger partial charge >= 0.3 is 5.97 Å². The summed E-state index contributed by atoms with van der Waals surface area (Å²) in [6.45, 7) is 14.1. The van der Waals surface area contributed by atoms with Crippen molar-refractivity contribution in [3.63, 3.8) is 0 Å². The molecule has 0 saturated carbocycles. The number of thiophene rings is 1. The Morgan fingerprint density at radius 2 is 1.73 bits per heavy atom. The molecule has 0 aliphatic carbocycles. The summed E-state index contributed by atoms with van der Waals surface area (Å²) in [6, 6.07) is 14.6. The molecule has 4 aliphatic rings. The maximum Gasteiger partial charge on any atom is 0.345 e. The highest BCUT2D eigenvalue weighted by Crippen LogP contribution is 2.41. The Bertz CT molecular complexity index is 1750. The molecule has 2 saturated heterocycles. The quantitative estimate of drug-likeness (QED) is 0.302. The van der Waals surface area contributed by atoms with Crippen molar-refractivity contribution >= 4 is 46.3 Å². The first-order valence-corrected chi connectivity index (χ1v) is 17.6. The van der Waals surface area contributed by atoms with Crippen molar-refractivity contribution in [3.05, 3.63) is 99.7 Å². The second-order valence-corrected chi connectivity index (χ2v) is 14.1. The molecule has 2 aromatic heterocycles. The summed E-state index contributed by atoms with van der Waals surface area (Å²) in [6.07, 6.45) is 10.5. The van der Waals surface area contributed by atoms with Gasteiger partial charge in [-0.2, -0.15) is 0 Å². The molecule has 2 N–H and O–H groups in total. The minimum absolute atomic E-state index is 0.176. The number of ether oxygens (including phenoxy) is 1. The number of fused-ring (bicyclic) bond motifs is 3. The topological polar surface area (TPSA) is 124 Å². The number of anilines is 2. The van der Waals surface area contributed by atoms with E-state index in [1.165, 1.54) is 31.1 Å². The molecule has 6 heterocycles. The number of aromatic nitrogens is 1. The summed E-state index contributed by atoms with van der Waals surface area (Å²) in [5, 5.41) is 12.2. The van der Waals surface area contributed by atoms with Crippen molar-refractivity contribution < 1.29 is 24.2 Å². The minimum Gasteiger partial charge on any atom is -0.477 e. The van der Waals surface area contributed by atoms with E-state index >= 15 is 0 Å². The van der Waals surface area contributed by atoms with E-state index < -0.39 is 5.97 Å². The number of hydrogen-bond acceptors (Lipinski definition) is 8. The zero-order valence-electron chi connectivity index (χ0n) is 28.9. The van der Waals surface area contributed by atoms with E-state index in [0.717, 1.165) is 42.6 Å².